The van der Waals surface area contributed by atoms with Gasteiger partial charge in [-0.3, -0.25) is 9.36 Å². The van der Waals surface area contributed by atoms with E-state index in [0.29, 0.717) is 24.2 Å². The van der Waals surface area contributed by atoms with Crippen LogP contribution in [0.15, 0.2) is 23.0 Å². The third-order valence-electron chi connectivity index (χ3n) is 4.98. The molecular weight excluding hydrogens is 385 g/mol. The van der Waals surface area contributed by atoms with Gasteiger partial charge >= 0.3 is 5.69 Å². The van der Waals surface area contributed by atoms with Crippen molar-refractivity contribution in [2.24, 2.45) is 0 Å². The van der Waals surface area contributed by atoms with Crippen LogP contribution in [-0.2, 0) is 17.8 Å². The maximum absolute atomic E-state index is 13.4. The highest BCUT2D eigenvalue weighted by molar-refractivity contribution is 6.30. The Labute approximate surface area is 157 Å². The Bertz CT molecular complexity index is 972. The summed E-state index contributed by atoms with van der Waals surface area (Å²) in [6.07, 6.45) is 0.409. The highest BCUT2D eigenvalue weighted by atomic mass is 35.5. The first kappa shape index (κ1) is 18.1. The first-order valence-electron chi connectivity index (χ1n) is 8.54. The molecule has 1 fully saturated rings. The lowest BCUT2D eigenvalue weighted by Crippen LogP contribution is -2.39. The van der Waals surface area contributed by atoms with Crippen molar-refractivity contribution in [3.05, 3.63) is 50.9 Å². The summed E-state index contributed by atoms with van der Waals surface area (Å²) in [6.45, 7) is -0.565. The molecule has 6 nitrogen and oxygen atoms in total. The summed E-state index contributed by atoms with van der Waals surface area (Å²) in [5.41, 5.74) is 0.0922. The number of fused-ring (bicyclic) bond motifs is 1. The van der Waals surface area contributed by atoms with Gasteiger partial charge in [-0.1, -0.05) is 17.7 Å². The molecule has 0 radical (unpaired) electrons. The molecular formula is C17H16ClF3N4O2. The number of hydrogen-bond acceptors (Lipinski definition) is 3. The normalized spacial score (nSPS) is 20.9. The number of carbonyl (C=O) groups excluding carboxylic acids is 1. The molecule has 1 aromatic carbocycles. The maximum Gasteiger partial charge on any atom is 0.346 e. The zero-order valence-corrected chi connectivity index (χ0v) is 14.9. The smallest absolute Gasteiger partial charge is 0.335 e. The van der Waals surface area contributed by atoms with E-state index in [1.165, 1.54) is 27.4 Å². The molecule has 0 N–H and O–H groups in total. The molecule has 144 valence electrons. The predicted octanol–water partition coefficient (Wildman–Crippen LogP) is 2.24. The monoisotopic (exact) mass is 400 g/mol. The van der Waals surface area contributed by atoms with Crippen molar-refractivity contribution in [1.82, 2.24) is 19.2 Å². The molecule has 2 aromatic rings. The lowest BCUT2D eigenvalue weighted by molar-refractivity contribution is -0.135. The lowest BCUT2D eigenvalue weighted by atomic mass is 10.2. The molecule has 3 heterocycles. The summed E-state index contributed by atoms with van der Waals surface area (Å²) in [5.74, 6) is -3.48. The molecule has 2 aliphatic heterocycles. The van der Waals surface area contributed by atoms with Gasteiger partial charge in [-0.15, -0.1) is 0 Å². The number of carbonyl (C=O) groups is 1. The van der Waals surface area contributed by atoms with Crippen molar-refractivity contribution in [2.75, 3.05) is 13.1 Å². The van der Waals surface area contributed by atoms with Crippen LogP contribution >= 0.6 is 11.6 Å². The number of benzene rings is 1. The first-order chi connectivity index (χ1) is 12.7. The Morgan fingerprint density at radius 1 is 1.37 bits per heavy atom. The topological polar surface area (TPSA) is 60.1 Å². The third-order valence-corrected chi connectivity index (χ3v) is 5.27. The van der Waals surface area contributed by atoms with Gasteiger partial charge in [0.2, 0.25) is 5.91 Å². The van der Waals surface area contributed by atoms with Crippen LogP contribution in [0.1, 0.15) is 30.3 Å². The Morgan fingerprint density at radius 3 is 2.81 bits per heavy atom. The van der Waals surface area contributed by atoms with E-state index >= 15 is 0 Å². The molecule has 2 aliphatic rings. The molecule has 0 unspecified atom stereocenters. The fraction of sp³-hybridized carbons (Fsp3) is 0.471. The second-order valence-electron chi connectivity index (χ2n) is 6.90. The first-order valence-corrected chi connectivity index (χ1v) is 8.92. The second-order valence-corrected chi connectivity index (χ2v) is 7.30. The van der Waals surface area contributed by atoms with E-state index in [4.69, 9.17) is 11.6 Å². The molecule has 27 heavy (non-hydrogen) atoms. The van der Waals surface area contributed by atoms with Crippen LogP contribution in [0.4, 0.5) is 13.2 Å². The number of halogens is 4. The minimum atomic E-state index is -2.88. The summed E-state index contributed by atoms with van der Waals surface area (Å²) in [5, 5.41) is 4.18. The van der Waals surface area contributed by atoms with Gasteiger partial charge in [-0.25, -0.2) is 22.6 Å². The minimum Gasteiger partial charge on any atom is -0.335 e. The minimum absolute atomic E-state index is 0.0192. The highest BCUT2D eigenvalue weighted by Gasteiger charge is 2.44. The van der Waals surface area contributed by atoms with E-state index in [9.17, 15) is 22.8 Å². The zero-order chi connectivity index (χ0) is 19.3. The van der Waals surface area contributed by atoms with Crippen molar-refractivity contribution in [1.29, 1.82) is 0 Å². The summed E-state index contributed by atoms with van der Waals surface area (Å²) < 4.78 is 42.6. The fourth-order valence-corrected chi connectivity index (χ4v) is 3.83. The molecule has 0 bridgehead atoms. The molecule has 1 amide bonds. The van der Waals surface area contributed by atoms with Crippen LogP contribution in [0.5, 0.6) is 0 Å². The molecule has 1 saturated heterocycles. The largest absolute Gasteiger partial charge is 0.346 e. The van der Waals surface area contributed by atoms with Crippen LogP contribution in [0.3, 0.4) is 0 Å². The molecule has 10 heteroatoms. The van der Waals surface area contributed by atoms with Gasteiger partial charge in [-0.05, 0) is 24.1 Å². The van der Waals surface area contributed by atoms with Gasteiger partial charge < -0.3 is 4.90 Å². The van der Waals surface area contributed by atoms with E-state index in [-0.39, 0.29) is 24.5 Å². The molecule has 1 aromatic heterocycles. The number of aryl methyl sites for hydroxylation is 1. The SMILES string of the molecule is O=C([C@H]1CCc2nn(Cc3ccc(F)c(Cl)c3)c(=O)n21)N1CCC(F)(F)C1. The predicted molar refractivity (Wildman–Crippen MR) is 90.5 cm³/mol. The zero-order valence-electron chi connectivity index (χ0n) is 14.2. The van der Waals surface area contributed by atoms with Crippen molar-refractivity contribution in [3.8, 4) is 0 Å². The van der Waals surface area contributed by atoms with Crippen molar-refractivity contribution in [3.63, 3.8) is 0 Å². The van der Waals surface area contributed by atoms with Crippen LogP contribution in [0.2, 0.25) is 5.02 Å². The quantitative estimate of drug-likeness (QED) is 0.794. The molecule has 0 aliphatic carbocycles. The van der Waals surface area contributed by atoms with Crippen LogP contribution in [0.25, 0.3) is 0 Å². The van der Waals surface area contributed by atoms with Crippen LogP contribution in [0, 0.1) is 5.82 Å². The maximum atomic E-state index is 13.4. The van der Waals surface area contributed by atoms with Crippen molar-refractivity contribution in [2.45, 2.75) is 37.8 Å². The van der Waals surface area contributed by atoms with Gasteiger partial charge in [0.25, 0.3) is 5.92 Å². The summed E-state index contributed by atoms with van der Waals surface area (Å²) in [7, 11) is 0. The van der Waals surface area contributed by atoms with Crippen LogP contribution in [-0.4, -0.2) is 44.2 Å². The fourth-order valence-electron chi connectivity index (χ4n) is 3.63. The van der Waals surface area contributed by atoms with E-state index in [0.717, 1.165) is 4.90 Å². The molecule has 4 rings (SSSR count). The summed E-state index contributed by atoms with van der Waals surface area (Å²) >= 11 is 5.76. The van der Waals surface area contributed by atoms with E-state index in [1.54, 1.807) is 0 Å². The number of likely N-dealkylation sites (tertiary alicyclic amines) is 1. The number of aromatic nitrogens is 3. The Kier molecular flexibility index (Phi) is 4.29. The Morgan fingerprint density at radius 2 is 2.15 bits per heavy atom. The highest BCUT2D eigenvalue weighted by Crippen LogP contribution is 2.31. The number of rotatable bonds is 3. The third kappa shape index (κ3) is 3.24. The molecule has 0 saturated carbocycles. The Hall–Kier alpha value is -2.29. The average molecular weight is 401 g/mol. The number of alkyl halides is 2. The molecule has 0 spiro atoms. The average Bonchev–Trinajstić information content (AvgIpc) is 3.26. The second kappa shape index (κ2) is 6.40. The standard InChI is InChI=1S/C17H16ClF3N4O2/c18-11-7-10(1-2-12(11)19)8-24-16(27)25-13(3-4-14(25)22-24)15(26)23-6-5-17(20,21)9-23/h1-2,7,13H,3-6,8-9H2/t13-/m1/s1. The van der Waals surface area contributed by atoms with E-state index in [2.05, 4.69) is 5.10 Å². The summed E-state index contributed by atoms with van der Waals surface area (Å²) in [4.78, 5) is 26.5. The van der Waals surface area contributed by atoms with Crippen molar-refractivity contribution >= 4 is 17.5 Å². The van der Waals surface area contributed by atoms with Gasteiger partial charge in [0.05, 0.1) is 18.1 Å². The van der Waals surface area contributed by atoms with Crippen LogP contribution < -0.4 is 5.69 Å². The lowest BCUT2D eigenvalue weighted by Gasteiger charge is -2.20. The van der Waals surface area contributed by atoms with E-state index in [1.807, 2.05) is 0 Å². The number of nitrogens with zero attached hydrogens (tertiary/aromatic N) is 4. The van der Waals surface area contributed by atoms with Gasteiger partial charge in [-0.2, -0.15) is 5.10 Å². The molecule has 1 atom stereocenters. The van der Waals surface area contributed by atoms with Gasteiger partial charge in [0.1, 0.15) is 17.7 Å². The van der Waals surface area contributed by atoms with Gasteiger partial charge in [0.15, 0.2) is 0 Å². The van der Waals surface area contributed by atoms with Crippen molar-refractivity contribution < 1.29 is 18.0 Å². The summed E-state index contributed by atoms with van der Waals surface area (Å²) in [6, 6.07) is 3.29. The number of hydrogen-bond donors (Lipinski definition) is 0. The van der Waals surface area contributed by atoms with E-state index < -0.39 is 35.9 Å². The van der Waals surface area contributed by atoms with Gasteiger partial charge in [0, 0.05) is 19.4 Å². The number of amides is 1. The Balaban J connectivity index is 1.58.